The Morgan fingerprint density at radius 2 is 2.33 bits per heavy atom. The molecule has 1 aliphatic rings. The van der Waals surface area contributed by atoms with Gasteiger partial charge in [-0.25, -0.2) is 0 Å². The third-order valence-electron chi connectivity index (χ3n) is 3.36. The van der Waals surface area contributed by atoms with Crippen LogP contribution in [0.2, 0.25) is 0 Å². The van der Waals surface area contributed by atoms with E-state index < -0.39 is 0 Å². The number of thioether (sulfide) groups is 1. The zero-order valence-electron chi connectivity index (χ0n) is 11.4. The van der Waals surface area contributed by atoms with Gasteiger partial charge in [0.15, 0.2) is 0 Å². The largest absolute Gasteiger partial charge is 0.468 e. The molecule has 1 aromatic heterocycles. The smallest absolute Gasteiger partial charge is 0.114 e. The van der Waals surface area contributed by atoms with Gasteiger partial charge in [-0.1, -0.05) is 6.92 Å². The van der Waals surface area contributed by atoms with Crippen LogP contribution in [0.5, 0.6) is 0 Å². The molecule has 0 amide bonds. The topological polar surface area (TPSA) is 45.4 Å². The van der Waals surface area contributed by atoms with Crippen LogP contribution in [0.25, 0.3) is 0 Å². The second kappa shape index (κ2) is 5.68. The van der Waals surface area contributed by atoms with Crippen molar-refractivity contribution in [1.82, 2.24) is 5.32 Å². The van der Waals surface area contributed by atoms with Crippen molar-refractivity contribution in [2.24, 2.45) is 0 Å². The SMILES string of the molecule is Cc1occc1SC(C)CC(C)(CO)NC1CC1. The Morgan fingerprint density at radius 1 is 1.61 bits per heavy atom. The number of aliphatic hydroxyl groups excluding tert-OH is 1. The summed E-state index contributed by atoms with van der Waals surface area (Å²) in [4.78, 5) is 1.20. The maximum absolute atomic E-state index is 9.60. The van der Waals surface area contributed by atoms with E-state index >= 15 is 0 Å². The molecule has 18 heavy (non-hydrogen) atoms. The molecule has 0 bridgehead atoms. The van der Waals surface area contributed by atoms with Gasteiger partial charge in [-0.15, -0.1) is 11.8 Å². The van der Waals surface area contributed by atoms with Gasteiger partial charge in [-0.2, -0.15) is 0 Å². The summed E-state index contributed by atoms with van der Waals surface area (Å²) in [6, 6.07) is 2.64. The Hall–Kier alpha value is -0.450. The highest BCUT2D eigenvalue weighted by atomic mass is 32.2. The van der Waals surface area contributed by atoms with E-state index in [4.69, 9.17) is 4.42 Å². The maximum atomic E-state index is 9.60. The first-order chi connectivity index (χ1) is 8.52. The first-order valence-electron chi connectivity index (χ1n) is 6.62. The predicted octanol–water partition coefficient (Wildman–Crippen LogP) is 2.96. The standard InChI is InChI=1S/C14H23NO2S/c1-10(18-13-6-7-17-11(13)2)8-14(3,9-16)15-12-4-5-12/h6-7,10,12,15-16H,4-5,8-9H2,1-3H3. The number of rotatable bonds is 7. The minimum absolute atomic E-state index is 0.161. The molecule has 0 saturated heterocycles. The van der Waals surface area contributed by atoms with E-state index in [1.807, 2.05) is 24.8 Å². The second-order valence-electron chi connectivity index (χ2n) is 5.61. The Balaban J connectivity index is 1.88. The van der Waals surface area contributed by atoms with Crippen LogP contribution in [0.3, 0.4) is 0 Å². The van der Waals surface area contributed by atoms with Crippen LogP contribution in [0.4, 0.5) is 0 Å². The molecule has 2 unspecified atom stereocenters. The third kappa shape index (κ3) is 3.77. The molecule has 1 aliphatic carbocycles. The molecule has 1 aromatic rings. The summed E-state index contributed by atoms with van der Waals surface area (Å²) in [5.41, 5.74) is -0.161. The summed E-state index contributed by atoms with van der Waals surface area (Å²) >= 11 is 1.82. The highest BCUT2D eigenvalue weighted by molar-refractivity contribution is 8.00. The van der Waals surface area contributed by atoms with Gasteiger partial charge in [0.2, 0.25) is 0 Å². The van der Waals surface area contributed by atoms with Crippen molar-refractivity contribution in [3.8, 4) is 0 Å². The number of nitrogens with one attached hydrogen (secondary N) is 1. The van der Waals surface area contributed by atoms with Crippen molar-refractivity contribution in [1.29, 1.82) is 0 Å². The van der Waals surface area contributed by atoms with E-state index in [9.17, 15) is 5.11 Å². The molecule has 2 N–H and O–H groups in total. The number of aryl methyl sites for hydroxylation is 1. The summed E-state index contributed by atoms with van der Waals surface area (Å²) in [5.74, 6) is 0.979. The third-order valence-corrected chi connectivity index (χ3v) is 4.60. The van der Waals surface area contributed by atoms with Gasteiger partial charge in [-0.3, -0.25) is 0 Å². The summed E-state index contributed by atoms with van der Waals surface area (Å²) in [6.45, 7) is 6.51. The highest BCUT2D eigenvalue weighted by Gasteiger charge is 2.33. The van der Waals surface area contributed by atoms with Crippen molar-refractivity contribution >= 4 is 11.8 Å². The number of furan rings is 1. The van der Waals surface area contributed by atoms with Crippen LogP contribution >= 0.6 is 11.8 Å². The average Bonchev–Trinajstić information content (AvgIpc) is 3.02. The summed E-state index contributed by atoms with van der Waals surface area (Å²) in [6.07, 6.45) is 5.18. The van der Waals surface area contributed by atoms with E-state index in [0.29, 0.717) is 11.3 Å². The molecular weight excluding hydrogens is 246 g/mol. The van der Waals surface area contributed by atoms with Gasteiger partial charge < -0.3 is 14.8 Å². The van der Waals surface area contributed by atoms with Crippen LogP contribution < -0.4 is 5.32 Å². The van der Waals surface area contributed by atoms with Crippen molar-refractivity contribution in [3.63, 3.8) is 0 Å². The van der Waals surface area contributed by atoms with Gasteiger partial charge in [-0.05, 0) is 39.2 Å². The van der Waals surface area contributed by atoms with E-state index in [1.54, 1.807) is 6.26 Å². The van der Waals surface area contributed by atoms with Crippen molar-refractivity contribution < 1.29 is 9.52 Å². The van der Waals surface area contributed by atoms with Crippen LogP contribution in [0.15, 0.2) is 21.6 Å². The maximum Gasteiger partial charge on any atom is 0.114 e. The highest BCUT2D eigenvalue weighted by Crippen LogP contribution is 2.32. The minimum Gasteiger partial charge on any atom is -0.468 e. The van der Waals surface area contributed by atoms with Crippen molar-refractivity contribution in [3.05, 3.63) is 18.1 Å². The number of hydrogen-bond donors (Lipinski definition) is 2. The van der Waals surface area contributed by atoms with Gasteiger partial charge in [0, 0.05) is 21.7 Å². The zero-order valence-corrected chi connectivity index (χ0v) is 12.2. The van der Waals surface area contributed by atoms with Crippen LogP contribution in [0, 0.1) is 6.92 Å². The van der Waals surface area contributed by atoms with Crippen LogP contribution in [-0.4, -0.2) is 28.5 Å². The van der Waals surface area contributed by atoms with E-state index in [1.165, 1.54) is 17.7 Å². The Morgan fingerprint density at radius 3 is 2.83 bits per heavy atom. The predicted molar refractivity (Wildman–Crippen MR) is 75.0 cm³/mol. The van der Waals surface area contributed by atoms with Crippen molar-refractivity contribution in [2.45, 2.75) is 61.8 Å². The van der Waals surface area contributed by atoms with E-state index in [2.05, 4.69) is 19.2 Å². The lowest BCUT2D eigenvalue weighted by Crippen LogP contribution is -2.48. The molecule has 0 aromatic carbocycles. The Bertz CT molecular complexity index is 389. The van der Waals surface area contributed by atoms with Gasteiger partial charge in [0.25, 0.3) is 0 Å². The molecule has 2 atom stereocenters. The quantitative estimate of drug-likeness (QED) is 0.747. The molecular formula is C14H23NO2S. The minimum atomic E-state index is -0.161. The van der Waals surface area contributed by atoms with E-state index in [-0.39, 0.29) is 12.1 Å². The molecule has 102 valence electrons. The summed E-state index contributed by atoms with van der Waals surface area (Å²) in [7, 11) is 0. The molecule has 1 heterocycles. The van der Waals surface area contributed by atoms with Gasteiger partial charge in [0.05, 0.1) is 12.9 Å². The fourth-order valence-electron chi connectivity index (χ4n) is 2.28. The monoisotopic (exact) mass is 269 g/mol. The zero-order chi connectivity index (χ0) is 13.2. The van der Waals surface area contributed by atoms with E-state index in [0.717, 1.165) is 12.2 Å². The lowest BCUT2D eigenvalue weighted by Gasteiger charge is -2.31. The Kier molecular flexibility index (Phi) is 4.41. The molecule has 0 spiro atoms. The van der Waals surface area contributed by atoms with Gasteiger partial charge >= 0.3 is 0 Å². The fraction of sp³-hybridized carbons (Fsp3) is 0.714. The lowest BCUT2D eigenvalue weighted by molar-refractivity contribution is 0.164. The summed E-state index contributed by atoms with van der Waals surface area (Å²) in [5, 5.41) is 13.6. The molecule has 2 rings (SSSR count). The molecule has 1 fully saturated rings. The summed E-state index contributed by atoms with van der Waals surface area (Å²) < 4.78 is 5.31. The van der Waals surface area contributed by atoms with Crippen molar-refractivity contribution in [2.75, 3.05) is 6.61 Å². The first kappa shape index (κ1) is 14.0. The molecule has 3 nitrogen and oxygen atoms in total. The molecule has 4 heteroatoms. The first-order valence-corrected chi connectivity index (χ1v) is 7.50. The average molecular weight is 269 g/mol. The number of aliphatic hydroxyl groups is 1. The molecule has 1 saturated carbocycles. The van der Waals surface area contributed by atoms with Crippen LogP contribution in [0.1, 0.15) is 38.9 Å². The number of hydrogen-bond acceptors (Lipinski definition) is 4. The Labute approximate surface area is 113 Å². The molecule has 0 radical (unpaired) electrons. The normalized spacial score (nSPS) is 20.7. The van der Waals surface area contributed by atoms with Crippen LogP contribution in [-0.2, 0) is 0 Å². The lowest BCUT2D eigenvalue weighted by atomic mass is 9.97. The fourth-order valence-corrected chi connectivity index (χ4v) is 3.51. The second-order valence-corrected chi connectivity index (χ2v) is 7.09. The molecule has 0 aliphatic heterocycles. The van der Waals surface area contributed by atoms with Gasteiger partial charge in [0.1, 0.15) is 5.76 Å².